The minimum Gasteiger partial charge on any atom is -0.395 e. The van der Waals surface area contributed by atoms with E-state index >= 15 is 0 Å². The summed E-state index contributed by atoms with van der Waals surface area (Å²) in [6.07, 6.45) is 0.0904. The number of carbonyl (C=O) groups is 2. The standard InChI is InChI=1S/C16H20FN3O3/c17-12-3-1-2-4-13(12)20-15(22)11-14(16(20)23)19-7-5-18(6-8-19)9-10-21/h1-4,14,21H,5-11H2. The lowest BCUT2D eigenvalue weighted by atomic mass is 10.1. The van der Waals surface area contributed by atoms with Crippen LogP contribution in [0.1, 0.15) is 6.42 Å². The number of halogens is 1. The van der Waals surface area contributed by atoms with Crippen LogP contribution in [0, 0.1) is 5.82 Å². The van der Waals surface area contributed by atoms with Gasteiger partial charge in [0.15, 0.2) is 0 Å². The number of anilines is 1. The Balaban J connectivity index is 1.71. The molecule has 6 nitrogen and oxygen atoms in total. The fourth-order valence-electron chi connectivity index (χ4n) is 3.23. The number of β-amino-alcohol motifs (C(OH)–C–C–N with tert-alkyl or cyclic N) is 1. The third kappa shape index (κ3) is 3.12. The van der Waals surface area contributed by atoms with Gasteiger partial charge in [-0.15, -0.1) is 0 Å². The minimum absolute atomic E-state index is 0.0314. The number of nitrogens with zero attached hydrogens (tertiary/aromatic N) is 3. The Morgan fingerprint density at radius 2 is 1.83 bits per heavy atom. The number of hydrogen-bond donors (Lipinski definition) is 1. The number of aliphatic hydroxyl groups is 1. The molecule has 23 heavy (non-hydrogen) atoms. The van der Waals surface area contributed by atoms with Gasteiger partial charge in [-0.25, -0.2) is 9.29 Å². The van der Waals surface area contributed by atoms with Gasteiger partial charge in [-0.1, -0.05) is 12.1 Å². The molecule has 0 bridgehead atoms. The normalized spacial score (nSPS) is 23.7. The molecule has 1 aromatic carbocycles. The average Bonchev–Trinajstić information content (AvgIpc) is 2.84. The van der Waals surface area contributed by atoms with E-state index in [1.54, 1.807) is 6.07 Å². The predicted molar refractivity (Wildman–Crippen MR) is 82.4 cm³/mol. The molecule has 2 fully saturated rings. The first kappa shape index (κ1) is 16.0. The number of carbonyl (C=O) groups excluding carboxylic acids is 2. The maximum Gasteiger partial charge on any atom is 0.251 e. The summed E-state index contributed by atoms with van der Waals surface area (Å²) < 4.78 is 13.9. The van der Waals surface area contributed by atoms with Crippen molar-refractivity contribution in [3.8, 4) is 0 Å². The average molecular weight is 321 g/mol. The van der Waals surface area contributed by atoms with Gasteiger partial charge in [0.25, 0.3) is 5.91 Å². The van der Waals surface area contributed by atoms with E-state index in [0.717, 1.165) is 18.0 Å². The van der Waals surface area contributed by atoms with Gasteiger partial charge in [-0.3, -0.25) is 19.4 Å². The van der Waals surface area contributed by atoms with Crippen molar-refractivity contribution in [2.45, 2.75) is 12.5 Å². The maximum atomic E-state index is 13.9. The largest absolute Gasteiger partial charge is 0.395 e. The molecule has 7 heteroatoms. The van der Waals surface area contributed by atoms with Crippen LogP contribution in [0.4, 0.5) is 10.1 Å². The third-order valence-electron chi connectivity index (χ3n) is 4.48. The number of aliphatic hydroxyl groups excluding tert-OH is 1. The lowest BCUT2D eigenvalue weighted by molar-refractivity contribution is -0.123. The van der Waals surface area contributed by atoms with E-state index in [2.05, 4.69) is 4.90 Å². The zero-order chi connectivity index (χ0) is 16.4. The molecule has 1 unspecified atom stereocenters. The zero-order valence-electron chi connectivity index (χ0n) is 12.8. The first-order valence-corrected chi connectivity index (χ1v) is 7.80. The maximum absolute atomic E-state index is 13.9. The van der Waals surface area contributed by atoms with Crippen LogP contribution in [0.5, 0.6) is 0 Å². The summed E-state index contributed by atoms with van der Waals surface area (Å²) in [5.74, 6) is -1.28. The van der Waals surface area contributed by atoms with Crippen LogP contribution in [0.2, 0.25) is 0 Å². The summed E-state index contributed by atoms with van der Waals surface area (Å²) >= 11 is 0. The number of benzene rings is 1. The number of piperazine rings is 1. The highest BCUT2D eigenvalue weighted by Gasteiger charge is 2.44. The van der Waals surface area contributed by atoms with Gasteiger partial charge in [-0.05, 0) is 12.1 Å². The van der Waals surface area contributed by atoms with Gasteiger partial charge in [-0.2, -0.15) is 0 Å². The van der Waals surface area contributed by atoms with Gasteiger partial charge in [0.2, 0.25) is 5.91 Å². The lowest BCUT2D eigenvalue weighted by Gasteiger charge is -2.36. The van der Waals surface area contributed by atoms with Crippen LogP contribution in [-0.4, -0.2) is 72.1 Å². The molecular formula is C16H20FN3O3. The molecule has 1 atom stereocenters. The van der Waals surface area contributed by atoms with Crippen LogP contribution in [0.15, 0.2) is 24.3 Å². The van der Waals surface area contributed by atoms with Crippen LogP contribution in [-0.2, 0) is 9.59 Å². The van der Waals surface area contributed by atoms with Gasteiger partial charge in [0.1, 0.15) is 5.82 Å². The molecule has 0 spiro atoms. The third-order valence-corrected chi connectivity index (χ3v) is 4.48. The molecule has 0 radical (unpaired) electrons. The molecule has 1 aromatic rings. The van der Waals surface area contributed by atoms with E-state index in [4.69, 9.17) is 5.11 Å². The summed E-state index contributed by atoms with van der Waals surface area (Å²) in [5.41, 5.74) is 0.0314. The fourth-order valence-corrected chi connectivity index (χ4v) is 3.23. The molecule has 2 amide bonds. The smallest absolute Gasteiger partial charge is 0.251 e. The van der Waals surface area contributed by atoms with Gasteiger partial charge < -0.3 is 5.11 Å². The van der Waals surface area contributed by atoms with Crippen molar-refractivity contribution < 1.29 is 19.1 Å². The highest BCUT2D eigenvalue weighted by atomic mass is 19.1. The van der Waals surface area contributed by atoms with Crippen molar-refractivity contribution >= 4 is 17.5 Å². The molecule has 2 aliphatic rings. The van der Waals surface area contributed by atoms with Crippen LogP contribution in [0.3, 0.4) is 0 Å². The van der Waals surface area contributed by atoms with Crippen LogP contribution < -0.4 is 4.90 Å². The second-order valence-electron chi connectivity index (χ2n) is 5.84. The van der Waals surface area contributed by atoms with Crippen molar-refractivity contribution in [3.63, 3.8) is 0 Å². The molecule has 0 aromatic heterocycles. The Bertz CT molecular complexity index is 602. The number of rotatable bonds is 4. The molecule has 0 saturated carbocycles. The van der Waals surface area contributed by atoms with E-state index in [-0.39, 0.29) is 30.5 Å². The first-order valence-electron chi connectivity index (χ1n) is 7.80. The number of amides is 2. The van der Waals surface area contributed by atoms with Crippen molar-refractivity contribution in [1.82, 2.24) is 9.80 Å². The van der Waals surface area contributed by atoms with Crippen molar-refractivity contribution in [1.29, 1.82) is 0 Å². The Labute approximate surface area is 134 Å². The highest BCUT2D eigenvalue weighted by molar-refractivity contribution is 6.22. The molecule has 1 N–H and O–H groups in total. The summed E-state index contributed by atoms with van der Waals surface area (Å²) in [4.78, 5) is 29.9. The van der Waals surface area contributed by atoms with E-state index in [9.17, 15) is 14.0 Å². The summed E-state index contributed by atoms with van der Waals surface area (Å²) in [7, 11) is 0. The monoisotopic (exact) mass is 321 g/mol. The van der Waals surface area contributed by atoms with Crippen LogP contribution in [0.25, 0.3) is 0 Å². The second-order valence-corrected chi connectivity index (χ2v) is 5.84. The first-order chi connectivity index (χ1) is 11.1. The molecule has 3 rings (SSSR count). The fraction of sp³-hybridized carbons (Fsp3) is 0.500. The minimum atomic E-state index is -0.567. The zero-order valence-corrected chi connectivity index (χ0v) is 12.8. The molecular weight excluding hydrogens is 301 g/mol. The van der Waals surface area contributed by atoms with Gasteiger partial charge in [0.05, 0.1) is 24.8 Å². The van der Waals surface area contributed by atoms with Crippen molar-refractivity contribution in [2.24, 2.45) is 0 Å². The Morgan fingerprint density at radius 3 is 2.48 bits per heavy atom. The summed E-state index contributed by atoms with van der Waals surface area (Å²) in [5, 5.41) is 8.96. The number of para-hydroxylation sites is 1. The van der Waals surface area contributed by atoms with E-state index in [0.29, 0.717) is 19.6 Å². The molecule has 2 heterocycles. The number of imide groups is 1. The summed E-state index contributed by atoms with van der Waals surface area (Å²) in [6, 6.07) is 5.32. The Morgan fingerprint density at radius 1 is 1.13 bits per heavy atom. The van der Waals surface area contributed by atoms with Crippen molar-refractivity contribution in [2.75, 3.05) is 44.2 Å². The van der Waals surface area contributed by atoms with Crippen LogP contribution >= 0.6 is 0 Å². The Hall–Kier alpha value is -1.83. The SMILES string of the molecule is O=C1CC(N2CCN(CCO)CC2)C(=O)N1c1ccccc1F. The predicted octanol–water partition coefficient (Wildman–Crippen LogP) is 0.0675. The quantitative estimate of drug-likeness (QED) is 0.795. The summed E-state index contributed by atoms with van der Waals surface area (Å²) in [6.45, 7) is 3.55. The lowest BCUT2D eigenvalue weighted by Crippen LogP contribution is -2.53. The number of hydrogen-bond acceptors (Lipinski definition) is 5. The molecule has 124 valence electrons. The van der Waals surface area contributed by atoms with E-state index < -0.39 is 11.9 Å². The van der Waals surface area contributed by atoms with E-state index in [1.807, 2.05) is 4.90 Å². The van der Waals surface area contributed by atoms with Crippen molar-refractivity contribution in [3.05, 3.63) is 30.1 Å². The molecule has 2 saturated heterocycles. The topological polar surface area (TPSA) is 64.1 Å². The highest BCUT2D eigenvalue weighted by Crippen LogP contribution is 2.28. The van der Waals surface area contributed by atoms with E-state index in [1.165, 1.54) is 18.2 Å². The van der Waals surface area contributed by atoms with Gasteiger partial charge >= 0.3 is 0 Å². The molecule has 0 aliphatic carbocycles. The molecule has 2 aliphatic heterocycles. The Kier molecular flexibility index (Phi) is 4.70. The van der Waals surface area contributed by atoms with Gasteiger partial charge in [0, 0.05) is 32.7 Å². The second kappa shape index (κ2) is 6.74.